The number of morpholine rings is 1. The number of ketones is 1. The van der Waals surface area contributed by atoms with E-state index >= 15 is 0 Å². The van der Waals surface area contributed by atoms with E-state index in [0.717, 1.165) is 40.5 Å². The number of pyridine rings is 3. The van der Waals surface area contributed by atoms with E-state index in [1.807, 2.05) is 73.7 Å². The Balaban J connectivity index is 0.000000195. The van der Waals surface area contributed by atoms with Crippen LogP contribution in [0.4, 0.5) is 77.4 Å². The summed E-state index contributed by atoms with van der Waals surface area (Å²) in [7, 11) is 4.83. The largest absolute Gasteiger partial charge is 0.491 e. The van der Waals surface area contributed by atoms with Crippen molar-refractivity contribution in [1.82, 2.24) is 34.7 Å². The number of hydrogen-bond acceptors (Lipinski definition) is 20. The van der Waals surface area contributed by atoms with Gasteiger partial charge in [-0.1, -0.05) is 88.5 Å². The van der Waals surface area contributed by atoms with Gasteiger partial charge < -0.3 is 70.9 Å². The zero-order valence-corrected chi connectivity index (χ0v) is 64.2. The maximum absolute atomic E-state index is 14.4. The maximum atomic E-state index is 14.4. The van der Waals surface area contributed by atoms with Gasteiger partial charge in [-0.3, -0.25) is 33.8 Å². The number of carbonyl (C=O) groups excluding carboxylic acids is 5. The molecule has 4 aromatic heterocycles. The van der Waals surface area contributed by atoms with E-state index in [4.69, 9.17) is 24.2 Å². The Morgan fingerprint density at radius 1 is 0.623 bits per heavy atom. The molecule has 0 saturated carbocycles. The lowest BCUT2D eigenvalue weighted by molar-refractivity contribution is -0.112. The van der Waals surface area contributed by atoms with Crippen molar-refractivity contribution >= 4 is 98.1 Å². The lowest BCUT2D eigenvalue weighted by atomic mass is 9.86. The van der Waals surface area contributed by atoms with Gasteiger partial charge in [-0.25, -0.2) is 23.7 Å². The molecule has 11 aromatic rings. The normalized spacial score (nSPS) is 11.3. The van der Waals surface area contributed by atoms with Crippen molar-refractivity contribution in [3.63, 3.8) is 0 Å². The summed E-state index contributed by atoms with van der Waals surface area (Å²) in [6.45, 7) is 19.9. The molecule has 25 nitrogen and oxygen atoms in total. The van der Waals surface area contributed by atoms with Crippen LogP contribution in [0.15, 0.2) is 243 Å². The minimum atomic E-state index is -0.539. The second kappa shape index (κ2) is 41.0. The second-order valence-electron chi connectivity index (χ2n) is 26.3. The quantitative estimate of drug-likeness (QED) is 0.0142. The molecule has 0 spiro atoms. The summed E-state index contributed by atoms with van der Waals surface area (Å²) in [5.41, 5.74) is 10.6. The predicted molar refractivity (Wildman–Crippen MR) is 441 cm³/mol. The van der Waals surface area contributed by atoms with Gasteiger partial charge in [0.1, 0.15) is 41.2 Å². The van der Waals surface area contributed by atoms with E-state index in [0.29, 0.717) is 114 Å². The zero-order valence-electron chi connectivity index (χ0n) is 64.2. The van der Waals surface area contributed by atoms with Crippen LogP contribution in [0.1, 0.15) is 75.6 Å². The van der Waals surface area contributed by atoms with E-state index in [1.165, 1.54) is 48.5 Å². The van der Waals surface area contributed by atoms with Crippen LogP contribution >= 0.6 is 0 Å². The third-order valence-electron chi connectivity index (χ3n) is 17.0. The fraction of sp³-hybridized carbons (Fsp3) is 0.184. The zero-order chi connectivity index (χ0) is 81.7. The SMILES string of the molecule is C=CC(=O)Nc1cccc(Nc2cc(Nc3ccc(OCCOC)cc3)ncc2F)c1.C=CC(=O)Nc1cccc(Nc2cc(Nc3ccc(Oc4ccnc(C(=O)NC)c4)cc3)ncc2F)c1.CC#N.Cc1c(CC(=O)c2ccc(C(C)(C)C)cc2)cccc1-c1cn(C)c(=O)c(Nc2ccc(C(=O)N3CCOCC3)cc2)n1. The molecule has 0 aliphatic carbocycles. The molecule has 584 valence electrons. The minimum absolute atomic E-state index is 0.0223. The molecule has 0 bridgehead atoms. The maximum Gasteiger partial charge on any atom is 0.293 e. The molecule has 4 amide bonds. The number of carbonyl (C=O) groups is 5. The van der Waals surface area contributed by atoms with E-state index in [2.05, 4.69) is 96.4 Å². The monoisotopic (exact) mass is 1540 g/mol. The molecule has 1 fully saturated rings. The minimum Gasteiger partial charge on any atom is -0.491 e. The van der Waals surface area contributed by atoms with Gasteiger partial charge in [-0.15, -0.1) is 0 Å². The molecule has 7 aromatic carbocycles. The van der Waals surface area contributed by atoms with Crippen molar-refractivity contribution in [2.75, 3.05) is 90.9 Å². The number of amides is 4. The van der Waals surface area contributed by atoms with Gasteiger partial charge in [0, 0.05) is 135 Å². The Kier molecular flexibility index (Phi) is 30.1. The van der Waals surface area contributed by atoms with E-state index in [9.17, 15) is 37.5 Å². The molecule has 12 rings (SSSR count). The van der Waals surface area contributed by atoms with E-state index < -0.39 is 11.6 Å². The number of ether oxygens (including phenoxy) is 4. The third kappa shape index (κ3) is 24.6. The first kappa shape index (κ1) is 83.8. The average Bonchev–Trinajstić information content (AvgIpc) is 0.793. The van der Waals surface area contributed by atoms with Crippen molar-refractivity contribution in [3.05, 3.63) is 294 Å². The standard InChI is InChI=1S/C35H38N4O4.C27H23FN6O3.C23H23FN4O3.C2H3N/c1-23-26(21-31(40)24-9-13-27(14-10-24)35(2,3)4)7-6-8-29(23)30-22-38(5)34(42)32(37-30)36-28-15-11-25(12-16-28)33(41)39-17-19-43-20-18-39;1-3-26(35)34-19-6-4-5-18(13-19)32-23-15-25(31-16-22(23)28)33-17-7-9-20(10-8-17)37-21-11-12-30-24(14-21)27(36)29-2;1-3-23(29)28-18-6-4-5-17(13-18)26-21-14-22(25-15-20(21)24)27-16-7-9-19(10-8-16)31-12-11-30-2;1-2-3/h6-16,22H,17-21H2,1-5H3,(H,36,37);3-16H,1H2,2H3,(H,29,36)(H,34,35)(H2,31,32,33);3-10,13-15H,1,11-12H2,2H3,(H,28,29)(H2,25,26,27);1H3. The van der Waals surface area contributed by atoms with Gasteiger partial charge in [-0.05, 0) is 156 Å². The van der Waals surface area contributed by atoms with Crippen LogP contribution in [0.3, 0.4) is 0 Å². The molecule has 27 heteroatoms. The number of anilines is 12. The number of nitrogens with zero attached hydrogens (tertiary/aromatic N) is 7. The van der Waals surface area contributed by atoms with Crippen molar-refractivity contribution in [2.45, 2.75) is 46.5 Å². The fourth-order valence-corrected chi connectivity index (χ4v) is 11.1. The number of hydrogen-bond donors (Lipinski definition) is 8. The third-order valence-corrected chi connectivity index (χ3v) is 17.0. The molecule has 0 atom stereocenters. The van der Waals surface area contributed by atoms with Crippen LogP contribution in [0.2, 0.25) is 0 Å². The van der Waals surface area contributed by atoms with Crippen molar-refractivity contribution in [2.24, 2.45) is 7.05 Å². The van der Waals surface area contributed by atoms with E-state index in [1.54, 1.807) is 147 Å². The lowest BCUT2D eigenvalue weighted by Crippen LogP contribution is -2.40. The van der Waals surface area contributed by atoms with Gasteiger partial charge in [0.25, 0.3) is 17.4 Å². The van der Waals surface area contributed by atoms with Crippen LogP contribution < -0.4 is 57.6 Å². The molecular weight excluding hydrogens is 1450 g/mol. The predicted octanol–water partition coefficient (Wildman–Crippen LogP) is 16.5. The molecule has 0 unspecified atom stereocenters. The highest BCUT2D eigenvalue weighted by molar-refractivity contribution is 6.00. The number of rotatable bonds is 26. The number of benzene rings is 7. The van der Waals surface area contributed by atoms with Gasteiger partial charge in [0.2, 0.25) is 11.8 Å². The number of nitrogens with one attached hydrogen (secondary N) is 8. The van der Waals surface area contributed by atoms with Gasteiger partial charge in [0.15, 0.2) is 23.2 Å². The van der Waals surface area contributed by atoms with Crippen molar-refractivity contribution in [1.29, 1.82) is 5.26 Å². The molecule has 5 heterocycles. The van der Waals surface area contributed by atoms with Crippen LogP contribution in [-0.2, 0) is 37.9 Å². The molecule has 1 aliphatic rings. The highest BCUT2D eigenvalue weighted by Gasteiger charge is 2.21. The first-order chi connectivity index (χ1) is 54.9. The topological polar surface area (TPSA) is 319 Å². The highest BCUT2D eigenvalue weighted by Crippen LogP contribution is 2.32. The molecule has 1 aliphatic heterocycles. The molecular formula is C87H87F2N15O10. The average molecular weight is 1540 g/mol. The number of methoxy groups -OCH3 is 1. The molecule has 1 saturated heterocycles. The van der Waals surface area contributed by atoms with Crippen LogP contribution in [-0.4, -0.2) is 112 Å². The second-order valence-corrected chi connectivity index (χ2v) is 26.3. The summed E-state index contributed by atoms with van der Waals surface area (Å²) in [5, 5.41) is 30.5. The fourth-order valence-electron chi connectivity index (χ4n) is 11.1. The highest BCUT2D eigenvalue weighted by atomic mass is 19.1. The summed E-state index contributed by atoms with van der Waals surface area (Å²) in [5.74, 6) is 0.788. The summed E-state index contributed by atoms with van der Waals surface area (Å²) in [6.07, 6.45) is 8.06. The summed E-state index contributed by atoms with van der Waals surface area (Å²) in [6, 6.07) is 56.9. The summed E-state index contributed by atoms with van der Waals surface area (Å²) < 4.78 is 51.9. The smallest absolute Gasteiger partial charge is 0.293 e. The Morgan fingerprint density at radius 3 is 1.68 bits per heavy atom. The van der Waals surface area contributed by atoms with Gasteiger partial charge >= 0.3 is 0 Å². The Morgan fingerprint density at radius 2 is 1.14 bits per heavy atom. The Labute approximate surface area is 659 Å². The van der Waals surface area contributed by atoms with Crippen molar-refractivity contribution < 1.29 is 51.7 Å². The number of aromatic nitrogens is 5. The van der Waals surface area contributed by atoms with Crippen LogP contribution in [0.25, 0.3) is 11.3 Å². The number of nitriles is 1. The van der Waals surface area contributed by atoms with Crippen LogP contribution in [0, 0.1) is 29.9 Å². The first-order valence-electron chi connectivity index (χ1n) is 35.9. The number of Topliss-reactive ketones (excluding diaryl/α,β-unsaturated/α-hetero) is 1. The molecule has 0 radical (unpaired) electrons. The summed E-state index contributed by atoms with van der Waals surface area (Å²) >= 11 is 0. The van der Waals surface area contributed by atoms with Crippen molar-refractivity contribution in [3.8, 4) is 34.6 Å². The summed E-state index contributed by atoms with van der Waals surface area (Å²) in [4.78, 5) is 92.4. The van der Waals surface area contributed by atoms with E-state index in [-0.39, 0.29) is 69.7 Å². The van der Waals surface area contributed by atoms with Gasteiger partial charge in [0.05, 0.1) is 55.4 Å². The first-order valence-corrected chi connectivity index (χ1v) is 35.9. The Bertz CT molecular complexity index is 5300. The van der Waals surface area contributed by atoms with Gasteiger partial charge in [-0.2, -0.15) is 5.26 Å². The molecule has 114 heavy (non-hydrogen) atoms. The number of halogens is 2. The lowest BCUT2D eigenvalue weighted by Gasteiger charge is -2.26. The Hall–Kier alpha value is -14.2. The number of aryl methyl sites for hydroxylation is 1. The molecule has 8 N–H and O–H groups in total. The van der Waals surface area contributed by atoms with Crippen LogP contribution in [0.5, 0.6) is 17.2 Å².